The second kappa shape index (κ2) is 33.7. The third kappa shape index (κ3) is 18.2. The molecule has 0 spiro atoms. The van der Waals surface area contributed by atoms with Crippen LogP contribution in [0.25, 0.3) is 33.4 Å². The van der Waals surface area contributed by atoms with Gasteiger partial charge in [-0.25, -0.2) is 19.4 Å². The summed E-state index contributed by atoms with van der Waals surface area (Å²) in [5, 5.41) is 37.8. The Hall–Kier alpha value is -7.39. The first-order valence-electron chi connectivity index (χ1n) is 34.2. The number of ketones is 3. The molecule has 2 saturated heterocycles. The number of aromatic nitrogens is 8. The number of rotatable bonds is 17. The van der Waals surface area contributed by atoms with Crippen LogP contribution >= 0.6 is 0 Å². The molecule has 25 heteroatoms. The standard InChI is InChI=1S/C71H99N11O14/c1-42-17-11-10-12-18-43(2)33-46(5)62(84)64(91-9)63(85)47(6)34-44(3)55(83)38-58(94-69(88)54-19-13-14-29-81(54)68(87)65(86)71(89)48(7)21-25-52(96-71)24-20-42)45(4)35-49-22-26-57(59(36-49)90-8)93-32-31-92-40-51-39-80(79-77-51)28-15-16-30-82-67-60(66(72)74-41-75-67)61(78-82)50-23-27-56-53(37-50)76-70(73)95-56/h10-12,17-18,23,27,34,37,39,41,43-46,48-49,52,54,57-59,63-64,85,89H,13-16,19-22,24-26,28-33,35-36,38,40H2,1-9H3,(H2,73,76)(H2,72,74,75)/b11-10+,18-12+,42-17+,47-34+/t43-,44-,45-,46-,48-,49+,52-,54+,57-,58+,59-,63-,64+,71-/m1/s1. The number of nitrogen functional groups attached to an aromatic ring is 2. The third-order valence-corrected chi connectivity index (χ3v) is 19.7. The number of nitrogens with zero attached hydrogens (tertiary/aromatic N) is 9. The maximum Gasteiger partial charge on any atom is 0.329 e. The molecule has 522 valence electrons. The quantitative estimate of drug-likeness (QED) is 0.0292. The Labute approximate surface area is 561 Å². The number of cyclic esters (lactones) is 1. The van der Waals surface area contributed by atoms with Gasteiger partial charge in [-0.1, -0.05) is 81.9 Å². The Morgan fingerprint density at radius 1 is 0.885 bits per heavy atom. The number of nitrogens with two attached hydrogens (primary N) is 2. The van der Waals surface area contributed by atoms with Gasteiger partial charge in [-0.15, -0.1) is 5.10 Å². The number of oxazole rings is 1. The number of esters is 1. The number of unbranched alkanes of at least 4 members (excludes halogenated alkanes) is 1. The number of benzene rings is 1. The molecule has 1 saturated carbocycles. The lowest BCUT2D eigenvalue weighted by Gasteiger charge is -2.42. The number of hydrogen-bond acceptors (Lipinski definition) is 22. The molecular formula is C71H99N11O14. The smallest absolute Gasteiger partial charge is 0.329 e. The van der Waals surface area contributed by atoms with E-state index in [-0.39, 0.29) is 73.5 Å². The van der Waals surface area contributed by atoms with Crippen molar-refractivity contribution in [2.24, 2.45) is 35.5 Å². The number of aliphatic hydroxyl groups is 2. The molecule has 6 N–H and O–H groups in total. The van der Waals surface area contributed by atoms with Gasteiger partial charge in [0, 0.05) is 63.6 Å². The lowest BCUT2D eigenvalue weighted by molar-refractivity contribution is -0.263. The zero-order chi connectivity index (χ0) is 68.8. The predicted octanol–water partition coefficient (Wildman–Crippen LogP) is 8.98. The topological polar surface area (TPSA) is 337 Å². The van der Waals surface area contributed by atoms with Crippen LogP contribution in [0.15, 0.2) is 82.7 Å². The van der Waals surface area contributed by atoms with Crippen LogP contribution in [-0.2, 0) is 72.1 Å². The van der Waals surface area contributed by atoms with E-state index >= 15 is 0 Å². The Balaban J connectivity index is 0.801. The number of ether oxygens (including phenoxy) is 6. The summed E-state index contributed by atoms with van der Waals surface area (Å²) < 4.78 is 45.7. The van der Waals surface area contributed by atoms with E-state index in [2.05, 4.69) is 25.3 Å². The Kier molecular flexibility index (Phi) is 25.6. The van der Waals surface area contributed by atoms with Gasteiger partial charge in [-0.3, -0.25) is 23.9 Å². The molecule has 0 unspecified atom stereocenters. The highest BCUT2D eigenvalue weighted by Gasteiger charge is 2.53. The van der Waals surface area contributed by atoms with Crippen molar-refractivity contribution in [3.05, 3.63) is 84.0 Å². The maximum absolute atomic E-state index is 14.7. The highest BCUT2D eigenvalue weighted by Crippen LogP contribution is 2.39. The molecule has 1 amide bonds. The molecule has 5 aromatic rings. The Morgan fingerprint density at radius 2 is 1.69 bits per heavy atom. The van der Waals surface area contributed by atoms with Gasteiger partial charge in [-0.05, 0) is 145 Å². The minimum absolute atomic E-state index is 0.0266. The molecule has 3 aliphatic heterocycles. The van der Waals surface area contributed by atoms with Crippen molar-refractivity contribution in [1.82, 2.24) is 44.6 Å². The van der Waals surface area contributed by atoms with Gasteiger partial charge in [0.2, 0.25) is 5.79 Å². The van der Waals surface area contributed by atoms with Gasteiger partial charge in [0.15, 0.2) is 17.0 Å². The van der Waals surface area contributed by atoms with E-state index in [1.807, 2.05) is 81.1 Å². The molecule has 9 rings (SSSR count). The van der Waals surface area contributed by atoms with E-state index in [0.29, 0.717) is 135 Å². The average molecular weight is 1330 g/mol. The highest BCUT2D eigenvalue weighted by molar-refractivity contribution is 6.39. The molecule has 2 bridgehead atoms. The first-order valence-corrected chi connectivity index (χ1v) is 34.2. The number of Topliss-reactive ketones (excluding diaryl/α,β-unsaturated/α-hetero) is 3. The van der Waals surface area contributed by atoms with Crippen LogP contribution in [0.5, 0.6) is 0 Å². The highest BCUT2D eigenvalue weighted by atomic mass is 16.6. The molecule has 96 heavy (non-hydrogen) atoms. The summed E-state index contributed by atoms with van der Waals surface area (Å²) >= 11 is 0. The van der Waals surface area contributed by atoms with E-state index in [4.69, 9.17) is 49.4 Å². The Morgan fingerprint density at radius 3 is 2.48 bits per heavy atom. The molecule has 0 radical (unpaired) electrons. The van der Waals surface area contributed by atoms with Crippen molar-refractivity contribution < 1.29 is 67.0 Å². The van der Waals surface area contributed by atoms with E-state index in [1.165, 1.54) is 18.3 Å². The second-order valence-corrected chi connectivity index (χ2v) is 27.1. The normalized spacial score (nSPS) is 30.5. The minimum atomic E-state index is -2.39. The number of hydrogen-bond donors (Lipinski definition) is 4. The van der Waals surface area contributed by atoms with E-state index in [0.717, 1.165) is 30.4 Å². The summed E-state index contributed by atoms with van der Waals surface area (Å²) in [7, 11) is 3.05. The van der Waals surface area contributed by atoms with Crippen molar-refractivity contribution in [2.45, 2.75) is 213 Å². The van der Waals surface area contributed by atoms with Crippen molar-refractivity contribution in [3.8, 4) is 11.3 Å². The van der Waals surface area contributed by atoms with E-state index in [9.17, 15) is 34.2 Å². The number of amides is 1. The number of carbonyl (C=O) groups excluding carboxylic acids is 5. The van der Waals surface area contributed by atoms with Gasteiger partial charge in [0.1, 0.15) is 59.2 Å². The van der Waals surface area contributed by atoms with Crippen molar-refractivity contribution in [1.29, 1.82) is 0 Å². The number of aliphatic hydroxyl groups excluding tert-OH is 1. The van der Waals surface area contributed by atoms with Gasteiger partial charge >= 0.3 is 5.97 Å². The van der Waals surface area contributed by atoms with Crippen LogP contribution in [0.2, 0.25) is 0 Å². The monoisotopic (exact) mass is 1330 g/mol. The molecule has 4 aromatic heterocycles. The van der Waals surface area contributed by atoms with Gasteiger partial charge in [0.25, 0.3) is 17.7 Å². The summed E-state index contributed by atoms with van der Waals surface area (Å²) in [6, 6.07) is 4.45. The first kappa shape index (κ1) is 72.9. The van der Waals surface area contributed by atoms with E-state index in [1.54, 1.807) is 44.7 Å². The largest absolute Gasteiger partial charge is 0.460 e. The average Bonchev–Trinajstić information content (AvgIpc) is 1.12. The molecule has 25 nitrogen and oxygen atoms in total. The molecule has 4 aliphatic rings. The van der Waals surface area contributed by atoms with Crippen LogP contribution in [0.1, 0.15) is 150 Å². The van der Waals surface area contributed by atoms with Crippen molar-refractivity contribution >= 4 is 63.2 Å². The summed E-state index contributed by atoms with van der Waals surface area (Å²) in [6.45, 7) is 15.0. The van der Waals surface area contributed by atoms with Gasteiger partial charge < -0.3 is 59.4 Å². The lowest BCUT2D eigenvalue weighted by Crippen LogP contribution is -2.60. The fraction of sp³-hybridized carbons (Fsp3) is 0.620. The maximum atomic E-state index is 14.7. The fourth-order valence-corrected chi connectivity index (χ4v) is 14.0. The molecular weight excluding hydrogens is 1230 g/mol. The van der Waals surface area contributed by atoms with Gasteiger partial charge in [-0.2, -0.15) is 10.1 Å². The molecule has 3 fully saturated rings. The molecule has 1 aromatic carbocycles. The predicted molar refractivity (Wildman–Crippen MR) is 359 cm³/mol. The zero-order valence-corrected chi connectivity index (χ0v) is 57.2. The van der Waals surface area contributed by atoms with Crippen molar-refractivity contribution in [3.63, 3.8) is 0 Å². The zero-order valence-electron chi connectivity index (χ0n) is 57.2. The number of anilines is 2. The van der Waals surface area contributed by atoms with Crippen LogP contribution in [0.4, 0.5) is 11.8 Å². The summed E-state index contributed by atoms with van der Waals surface area (Å²) in [4.78, 5) is 86.0. The van der Waals surface area contributed by atoms with Crippen LogP contribution in [0.3, 0.4) is 0 Å². The van der Waals surface area contributed by atoms with Crippen LogP contribution in [0, 0.1) is 35.5 Å². The van der Waals surface area contributed by atoms with Gasteiger partial charge in [0.05, 0.1) is 49.7 Å². The number of fused-ring (bicyclic) bond motifs is 5. The number of allylic oxidation sites excluding steroid dienone is 7. The summed E-state index contributed by atoms with van der Waals surface area (Å²) in [6.07, 6.45) is 18.3. The molecule has 14 atom stereocenters. The SMILES string of the molecule is CO[C@@H]1C[C@H](C[C@@H](C)[C@@H]2CC(=O)[C@H](C)/C=C(\C)[C@@H](O)[C@@H](OC)C(=O)[C@H](C)C[C@H](C)/C=C/C=C/C=C(\C)CC[C@@H]3CC[C@@H](C)[C@@](O)(O3)C(=O)C(=O)N3CCCC[C@H]3C(=O)O2)CC[C@H]1OCCOCc1cn(CCCCn2nc(-c3ccc4oc(N)nc4c3)c3c(N)ncnc32)nn1. The summed E-state index contributed by atoms with van der Waals surface area (Å²) in [5.41, 5.74) is 17.5. The second-order valence-electron chi connectivity index (χ2n) is 27.1. The number of carbonyl (C=O) groups is 5. The molecule has 1 aliphatic carbocycles. The first-order chi connectivity index (χ1) is 46.0. The fourth-order valence-electron chi connectivity index (χ4n) is 14.0. The van der Waals surface area contributed by atoms with E-state index < -0.39 is 71.7 Å². The van der Waals surface area contributed by atoms with Crippen LogP contribution < -0.4 is 11.5 Å². The molecule has 7 heterocycles. The number of piperidine rings is 1. The van der Waals surface area contributed by atoms with Crippen molar-refractivity contribution in [2.75, 3.05) is 45.4 Å². The minimum Gasteiger partial charge on any atom is -0.460 e. The lowest BCUT2D eigenvalue weighted by atomic mass is 9.78. The summed E-state index contributed by atoms with van der Waals surface area (Å²) in [5.74, 6) is -7.61. The number of methoxy groups -OCH3 is 2. The number of aryl methyl sites for hydroxylation is 2. The Bertz CT molecular complexity index is 3610. The third-order valence-electron chi connectivity index (χ3n) is 19.7. The van der Waals surface area contributed by atoms with Crippen LogP contribution in [-0.4, -0.2) is 166 Å².